The Morgan fingerprint density at radius 3 is 2.54 bits per heavy atom. The Bertz CT molecular complexity index is 262. The molecule has 6 heteroatoms. The van der Waals surface area contributed by atoms with Crippen molar-refractivity contribution in [2.75, 3.05) is 6.54 Å². The molecule has 1 amide bonds. The lowest BCUT2D eigenvalue weighted by Crippen LogP contribution is -2.23. The number of hydrogen-bond donors (Lipinski definition) is 1. The molecule has 0 aromatic carbocycles. The summed E-state index contributed by atoms with van der Waals surface area (Å²) in [6.45, 7) is 0.479. The number of carbonyl (C=O) groups is 1. The lowest BCUT2D eigenvalue weighted by molar-refractivity contribution is -0.117. The van der Waals surface area contributed by atoms with Crippen LogP contribution in [0.3, 0.4) is 0 Å². The predicted octanol–water partition coefficient (Wildman–Crippen LogP) is 1.13. The molecule has 0 aliphatic heterocycles. The molecule has 0 spiro atoms. The van der Waals surface area contributed by atoms with Crippen LogP contribution < -0.4 is 5.32 Å². The van der Waals surface area contributed by atoms with Crippen molar-refractivity contribution in [3.8, 4) is 6.07 Å². The standard InChI is InChI=1S/C7H7F3N2O/c1-5(7(8,9)10)4-6(13)12-3-2-11/h4H,3H2,1H3,(H,12,13)/b5-4+. The van der Waals surface area contributed by atoms with Crippen LogP contribution in [0.25, 0.3) is 0 Å². The van der Waals surface area contributed by atoms with E-state index in [2.05, 4.69) is 0 Å². The van der Waals surface area contributed by atoms with Gasteiger partial charge in [-0.1, -0.05) is 0 Å². The van der Waals surface area contributed by atoms with Crippen molar-refractivity contribution in [3.63, 3.8) is 0 Å². The first-order valence-corrected chi connectivity index (χ1v) is 3.28. The molecule has 0 heterocycles. The van der Waals surface area contributed by atoms with Crippen LogP contribution in [0.2, 0.25) is 0 Å². The first-order valence-electron chi connectivity index (χ1n) is 3.28. The van der Waals surface area contributed by atoms with E-state index in [0.717, 1.165) is 6.92 Å². The second-order valence-electron chi connectivity index (χ2n) is 2.20. The van der Waals surface area contributed by atoms with Crippen LogP contribution in [-0.4, -0.2) is 18.6 Å². The van der Waals surface area contributed by atoms with E-state index < -0.39 is 17.7 Å². The zero-order chi connectivity index (χ0) is 10.5. The average molecular weight is 192 g/mol. The average Bonchev–Trinajstić information content (AvgIpc) is 1.99. The molecule has 0 atom stereocenters. The van der Waals surface area contributed by atoms with Crippen LogP contribution in [0.4, 0.5) is 13.2 Å². The van der Waals surface area contributed by atoms with Crippen LogP contribution in [-0.2, 0) is 4.79 Å². The Hall–Kier alpha value is -1.51. The lowest BCUT2D eigenvalue weighted by Gasteiger charge is -2.05. The van der Waals surface area contributed by atoms with Gasteiger partial charge in [-0.15, -0.1) is 0 Å². The number of carbonyl (C=O) groups excluding carboxylic acids is 1. The van der Waals surface area contributed by atoms with Gasteiger partial charge in [-0.25, -0.2) is 0 Å². The maximum absolute atomic E-state index is 11.8. The van der Waals surface area contributed by atoms with Gasteiger partial charge in [0, 0.05) is 11.6 Å². The largest absolute Gasteiger partial charge is 0.412 e. The number of nitrogens with zero attached hydrogens (tertiary/aromatic N) is 1. The summed E-state index contributed by atoms with van der Waals surface area (Å²) in [4.78, 5) is 10.6. The summed E-state index contributed by atoms with van der Waals surface area (Å²) >= 11 is 0. The van der Waals surface area contributed by atoms with Gasteiger partial charge in [0.05, 0.1) is 6.07 Å². The minimum atomic E-state index is -4.50. The third-order valence-electron chi connectivity index (χ3n) is 1.14. The molecule has 0 radical (unpaired) electrons. The van der Waals surface area contributed by atoms with Gasteiger partial charge in [0.2, 0.25) is 5.91 Å². The summed E-state index contributed by atoms with van der Waals surface area (Å²) in [6.07, 6.45) is -4.08. The fraction of sp³-hybridized carbons (Fsp3) is 0.429. The summed E-state index contributed by atoms with van der Waals surface area (Å²) in [6, 6.07) is 1.57. The first kappa shape index (κ1) is 11.5. The van der Waals surface area contributed by atoms with Crippen molar-refractivity contribution in [2.45, 2.75) is 13.1 Å². The highest BCUT2D eigenvalue weighted by Gasteiger charge is 2.30. The molecule has 0 bridgehead atoms. The van der Waals surface area contributed by atoms with Crippen LogP contribution in [0.15, 0.2) is 11.6 Å². The summed E-state index contributed by atoms with van der Waals surface area (Å²) in [7, 11) is 0. The molecule has 0 unspecified atom stereocenters. The highest BCUT2D eigenvalue weighted by atomic mass is 19.4. The smallest absolute Gasteiger partial charge is 0.339 e. The molecule has 13 heavy (non-hydrogen) atoms. The third-order valence-corrected chi connectivity index (χ3v) is 1.14. The summed E-state index contributed by atoms with van der Waals surface area (Å²) in [5, 5.41) is 9.96. The van der Waals surface area contributed by atoms with Crippen LogP contribution in [0.5, 0.6) is 0 Å². The lowest BCUT2D eigenvalue weighted by atomic mass is 10.2. The maximum atomic E-state index is 11.8. The fourth-order valence-corrected chi connectivity index (χ4v) is 0.456. The minimum absolute atomic E-state index is 0.305. The van der Waals surface area contributed by atoms with E-state index >= 15 is 0 Å². The molecule has 0 aromatic heterocycles. The van der Waals surface area contributed by atoms with Crippen molar-refractivity contribution >= 4 is 5.91 Å². The SMILES string of the molecule is C/C(=C\C(=O)NCC#N)C(F)(F)F. The molecule has 0 aliphatic rings. The quantitative estimate of drug-likeness (QED) is 0.526. The monoisotopic (exact) mass is 192 g/mol. The van der Waals surface area contributed by atoms with E-state index in [0.29, 0.717) is 6.08 Å². The number of nitrogens with one attached hydrogen (secondary N) is 1. The van der Waals surface area contributed by atoms with Gasteiger partial charge < -0.3 is 5.32 Å². The molecule has 72 valence electrons. The van der Waals surface area contributed by atoms with Gasteiger partial charge >= 0.3 is 6.18 Å². The predicted molar refractivity (Wildman–Crippen MR) is 38.4 cm³/mol. The number of nitriles is 1. The molecular weight excluding hydrogens is 185 g/mol. The van der Waals surface area contributed by atoms with Gasteiger partial charge in [-0.05, 0) is 6.92 Å². The van der Waals surface area contributed by atoms with Gasteiger partial charge in [0.15, 0.2) is 0 Å². The Labute approximate surface area is 72.8 Å². The van der Waals surface area contributed by atoms with Crippen LogP contribution >= 0.6 is 0 Å². The summed E-state index contributed by atoms with van der Waals surface area (Å²) < 4.78 is 35.5. The Balaban J connectivity index is 4.25. The molecule has 3 nitrogen and oxygen atoms in total. The molecule has 0 aliphatic carbocycles. The molecular formula is C7H7F3N2O. The molecule has 0 fully saturated rings. The van der Waals surface area contributed by atoms with Crippen LogP contribution in [0.1, 0.15) is 6.92 Å². The van der Waals surface area contributed by atoms with E-state index in [1.165, 1.54) is 0 Å². The number of amides is 1. The van der Waals surface area contributed by atoms with Crippen molar-refractivity contribution in [1.82, 2.24) is 5.32 Å². The maximum Gasteiger partial charge on any atom is 0.412 e. The van der Waals surface area contributed by atoms with Crippen LogP contribution in [0, 0.1) is 11.3 Å². The first-order chi connectivity index (χ1) is 5.88. The zero-order valence-electron chi connectivity index (χ0n) is 6.77. The number of alkyl halides is 3. The molecule has 0 saturated carbocycles. The Morgan fingerprint density at radius 2 is 2.15 bits per heavy atom. The van der Waals surface area contributed by atoms with E-state index in [4.69, 9.17) is 5.26 Å². The van der Waals surface area contributed by atoms with Crippen molar-refractivity contribution in [3.05, 3.63) is 11.6 Å². The van der Waals surface area contributed by atoms with Gasteiger partial charge in [0.25, 0.3) is 0 Å². The Kier molecular flexibility index (Phi) is 3.98. The molecule has 0 rings (SSSR count). The topological polar surface area (TPSA) is 52.9 Å². The number of allylic oxidation sites excluding steroid dienone is 1. The van der Waals surface area contributed by atoms with Gasteiger partial charge in [-0.3, -0.25) is 4.79 Å². The molecule has 1 N–H and O–H groups in total. The fourth-order valence-electron chi connectivity index (χ4n) is 0.456. The van der Waals surface area contributed by atoms with Crippen molar-refractivity contribution in [2.24, 2.45) is 0 Å². The normalized spacial score (nSPS) is 12.1. The second-order valence-corrected chi connectivity index (χ2v) is 2.20. The van der Waals surface area contributed by atoms with Crippen molar-refractivity contribution < 1.29 is 18.0 Å². The van der Waals surface area contributed by atoms with E-state index in [-0.39, 0.29) is 6.54 Å². The number of halogens is 3. The summed E-state index contributed by atoms with van der Waals surface area (Å²) in [5.41, 5.74) is -0.997. The van der Waals surface area contributed by atoms with Gasteiger partial charge in [0.1, 0.15) is 6.54 Å². The van der Waals surface area contributed by atoms with E-state index in [1.807, 2.05) is 5.32 Å². The minimum Gasteiger partial charge on any atom is -0.339 e. The Morgan fingerprint density at radius 1 is 1.62 bits per heavy atom. The number of hydrogen-bond acceptors (Lipinski definition) is 2. The van der Waals surface area contributed by atoms with Gasteiger partial charge in [-0.2, -0.15) is 18.4 Å². The highest BCUT2D eigenvalue weighted by molar-refractivity contribution is 5.88. The van der Waals surface area contributed by atoms with E-state index in [9.17, 15) is 18.0 Å². The summed E-state index contributed by atoms with van der Waals surface area (Å²) in [5.74, 6) is -0.920. The second kappa shape index (κ2) is 4.50. The van der Waals surface area contributed by atoms with Crippen molar-refractivity contribution in [1.29, 1.82) is 5.26 Å². The highest BCUT2D eigenvalue weighted by Crippen LogP contribution is 2.24. The zero-order valence-corrected chi connectivity index (χ0v) is 6.77. The number of rotatable bonds is 2. The molecule has 0 aromatic rings. The molecule has 0 saturated heterocycles. The van der Waals surface area contributed by atoms with E-state index in [1.54, 1.807) is 6.07 Å². The third kappa shape index (κ3) is 4.85.